The van der Waals surface area contributed by atoms with Crippen molar-refractivity contribution < 1.29 is 9.90 Å². The van der Waals surface area contributed by atoms with Crippen LogP contribution in [0.25, 0.3) is 16.6 Å². The van der Waals surface area contributed by atoms with Gasteiger partial charge >= 0.3 is 5.97 Å². The van der Waals surface area contributed by atoms with Crippen molar-refractivity contribution in [1.82, 2.24) is 20.0 Å². The molecule has 0 spiro atoms. The topological polar surface area (TPSA) is 80.9 Å². The summed E-state index contributed by atoms with van der Waals surface area (Å²) in [4.78, 5) is 15.3. The number of pyridine rings is 1. The van der Waals surface area contributed by atoms with Gasteiger partial charge in [0.05, 0.1) is 22.4 Å². The van der Waals surface area contributed by atoms with E-state index in [1.807, 2.05) is 6.07 Å². The second kappa shape index (κ2) is 4.33. The lowest BCUT2D eigenvalue weighted by Gasteiger charge is -2.07. The summed E-state index contributed by atoms with van der Waals surface area (Å²) >= 11 is 6.09. The Morgan fingerprint density at radius 1 is 1.32 bits per heavy atom. The third-order valence-electron chi connectivity index (χ3n) is 2.69. The summed E-state index contributed by atoms with van der Waals surface area (Å²) in [5, 5.41) is 17.8. The van der Waals surface area contributed by atoms with Gasteiger partial charge in [-0.15, -0.1) is 5.10 Å². The molecule has 0 bridgehead atoms. The number of rotatable bonds is 2. The van der Waals surface area contributed by atoms with E-state index in [0.717, 1.165) is 5.39 Å². The van der Waals surface area contributed by atoms with Crippen LogP contribution < -0.4 is 0 Å². The third kappa shape index (κ3) is 1.82. The van der Waals surface area contributed by atoms with Gasteiger partial charge in [-0.05, 0) is 24.3 Å². The van der Waals surface area contributed by atoms with Crippen molar-refractivity contribution in [1.29, 1.82) is 0 Å². The largest absolute Gasteiger partial charge is 0.476 e. The number of carbonyl (C=O) groups is 1. The summed E-state index contributed by atoms with van der Waals surface area (Å²) in [6.07, 6.45) is 2.80. The zero-order chi connectivity index (χ0) is 13.4. The third-order valence-corrected chi connectivity index (χ3v) is 3.02. The van der Waals surface area contributed by atoms with E-state index >= 15 is 0 Å². The highest BCUT2D eigenvalue weighted by molar-refractivity contribution is 6.35. The van der Waals surface area contributed by atoms with E-state index in [9.17, 15) is 4.79 Å². The molecule has 0 aliphatic heterocycles. The maximum atomic E-state index is 11.1. The Morgan fingerprint density at radius 2 is 2.16 bits per heavy atom. The first-order valence-electron chi connectivity index (χ1n) is 5.36. The molecule has 0 unspecified atom stereocenters. The number of hydrogen-bond donors (Lipinski definition) is 1. The molecule has 0 aliphatic carbocycles. The minimum atomic E-state index is -1.11. The number of hydrogen-bond acceptors (Lipinski definition) is 4. The van der Waals surface area contributed by atoms with Crippen LogP contribution in [0.4, 0.5) is 0 Å². The lowest BCUT2D eigenvalue weighted by molar-refractivity contribution is 0.0687. The quantitative estimate of drug-likeness (QED) is 0.774. The van der Waals surface area contributed by atoms with Gasteiger partial charge in [0, 0.05) is 11.6 Å². The fourth-order valence-corrected chi connectivity index (χ4v) is 2.07. The Bertz CT molecular complexity index is 784. The minimum absolute atomic E-state index is 0.0331. The Hall–Kier alpha value is -2.47. The molecule has 0 radical (unpaired) electrons. The van der Waals surface area contributed by atoms with Gasteiger partial charge in [-0.1, -0.05) is 16.8 Å². The lowest BCUT2D eigenvalue weighted by atomic mass is 10.2. The Morgan fingerprint density at radius 3 is 2.95 bits per heavy atom. The second-order valence-corrected chi connectivity index (χ2v) is 4.21. The van der Waals surface area contributed by atoms with Crippen molar-refractivity contribution in [2.45, 2.75) is 0 Å². The summed E-state index contributed by atoms with van der Waals surface area (Å²) in [5.74, 6) is -1.11. The predicted octanol–water partition coefficient (Wildman–Crippen LogP) is 2.17. The number of carboxylic acids is 1. The van der Waals surface area contributed by atoms with Crippen molar-refractivity contribution >= 4 is 28.5 Å². The van der Waals surface area contributed by atoms with Gasteiger partial charge < -0.3 is 5.11 Å². The Balaban J connectivity index is 2.35. The van der Waals surface area contributed by atoms with Crippen LogP contribution >= 0.6 is 11.6 Å². The number of nitrogens with zero attached hydrogens (tertiary/aromatic N) is 4. The van der Waals surface area contributed by atoms with Crippen LogP contribution in [0.2, 0.25) is 5.02 Å². The molecule has 0 aliphatic rings. The highest BCUT2D eigenvalue weighted by Crippen LogP contribution is 2.27. The van der Waals surface area contributed by atoms with E-state index in [-0.39, 0.29) is 5.69 Å². The Labute approximate surface area is 112 Å². The maximum Gasteiger partial charge on any atom is 0.356 e. The van der Waals surface area contributed by atoms with Crippen LogP contribution in [0.15, 0.2) is 36.7 Å². The number of fused-ring (bicyclic) bond motifs is 1. The first kappa shape index (κ1) is 11.6. The summed E-state index contributed by atoms with van der Waals surface area (Å²) < 4.78 is 1.23. The van der Waals surface area contributed by atoms with Crippen LogP contribution in [0.5, 0.6) is 0 Å². The zero-order valence-corrected chi connectivity index (χ0v) is 10.2. The van der Waals surface area contributed by atoms with Gasteiger partial charge in [0.15, 0.2) is 5.69 Å². The molecule has 19 heavy (non-hydrogen) atoms. The highest BCUT2D eigenvalue weighted by Gasteiger charge is 2.16. The molecular formula is C12H7ClN4O2. The smallest absolute Gasteiger partial charge is 0.356 e. The predicted molar refractivity (Wildman–Crippen MR) is 68.6 cm³/mol. The van der Waals surface area contributed by atoms with Crippen molar-refractivity contribution in [2.75, 3.05) is 0 Å². The van der Waals surface area contributed by atoms with Crippen LogP contribution in [0.3, 0.4) is 0 Å². The fraction of sp³-hybridized carbons (Fsp3) is 0. The lowest BCUT2D eigenvalue weighted by Crippen LogP contribution is -2.08. The van der Waals surface area contributed by atoms with E-state index in [4.69, 9.17) is 16.7 Å². The van der Waals surface area contributed by atoms with E-state index in [2.05, 4.69) is 15.3 Å². The van der Waals surface area contributed by atoms with E-state index in [1.54, 1.807) is 24.4 Å². The molecule has 6 nitrogen and oxygen atoms in total. The maximum absolute atomic E-state index is 11.1. The summed E-state index contributed by atoms with van der Waals surface area (Å²) in [6.45, 7) is 0. The standard InChI is InChI=1S/C12H7ClN4O2/c13-8-3-4-9(11-7(8)2-1-5-14-11)17-10(12(18)19)6-15-16-17/h1-6H,(H,18,19). The van der Waals surface area contributed by atoms with Gasteiger partial charge in [-0.25, -0.2) is 9.48 Å². The molecule has 1 N–H and O–H groups in total. The molecule has 3 aromatic rings. The summed E-state index contributed by atoms with van der Waals surface area (Å²) in [5.41, 5.74) is 1.06. The molecular weight excluding hydrogens is 268 g/mol. The van der Waals surface area contributed by atoms with Crippen LogP contribution in [0, 0.1) is 0 Å². The van der Waals surface area contributed by atoms with E-state index in [1.165, 1.54) is 10.9 Å². The van der Waals surface area contributed by atoms with Crippen molar-refractivity contribution in [2.24, 2.45) is 0 Å². The number of halogens is 1. The van der Waals surface area contributed by atoms with Crippen LogP contribution in [0.1, 0.15) is 10.5 Å². The monoisotopic (exact) mass is 274 g/mol. The fourth-order valence-electron chi connectivity index (χ4n) is 1.85. The van der Waals surface area contributed by atoms with Gasteiger partial charge in [0.1, 0.15) is 0 Å². The zero-order valence-electron chi connectivity index (χ0n) is 9.49. The highest BCUT2D eigenvalue weighted by atomic mass is 35.5. The van der Waals surface area contributed by atoms with Crippen molar-refractivity contribution in [3.8, 4) is 5.69 Å². The van der Waals surface area contributed by atoms with Gasteiger partial charge in [0.2, 0.25) is 0 Å². The van der Waals surface area contributed by atoms with Crippen molar-refractivity contribution in [3.63, 3.8) is 0 Å². The molecule has 2 heterocycles. The summed E-state index contributed by atoms with van der Waals surface area (Å²) in [7, 11) is 0. The molecule has 0 saturated heterocycles. The molecule has 0 atom stereocenters. The first-order valence-corrected chi connectivity index (χ1v) is 5.74. The van der Waals surface area contributed by atoms with Crippen LogP contribution in [-0.2, 0) is 0 Å². The molecule has 1 aromatic carbocycles. The normalized spacial score (nSPS) is 10.8. The summed E-state index contributed by atoms with van der Waals surface area (Å²) in [6, 6.07) is 6.91. The van der Waals surface area contributed by atoms with Crippen molar-refractivity contribution in [3.05, 3.63) is 47.4 Å². The molecule has 0 amide bonds. The van der Waals surface area contributed by atoms with Crippen LogP contribution in [-0.4, -0.2) is 31.1 Å². The van der Waals surface area contributed by atoms with Gasteiger partial charge in [0.25, 0.3) is 0 Å². The molecule has 0 saturated carbocycles. The average molecular weight is 275 g/mol. The number of carboxylic acid groups (broad SMARTS) is 1. The number of aromatic nitrogens is 4. The average Bonchev–Trinajstić information content (AvgIpc) is 2.89. The number of aromatic carboxylic acids is 1. The minimum Gasteiger partial charge on any atom is -0.476 e. The molecule has 2 aromatic heterocycles. The molecule has 7 heteroatoms. The molecule has 94 valence electrons. The molecule has 0 fully saturated rings. The first-order chi connectivity index (χ1) is 9.18. The SMILES string of the molecule is O=C(O)c1cnnn1-c1ccc(Cl)c2cccnc12. The van der Waals surface area contributed by atoms with E-state index < -0.39 is 5.97 Å². The van der Waals surface area contributed by atoms with Gasteiger partial charge in [-0.2, -0.15) is 0 Å². The van der Waals surface area contributed by atoms with Gasteiger partial charge in [-0.3, -0.25) is 4.98 Å². The second-order valence-electron chi connectivity index (χ2n) is 3.80. The molecule has 3 rings (SSSR count). The number of benzene rings is 1. The van der Waals surface area contributed by atoms with E-state index in [0.29, 0.717) is 16.2 Å². The Kier molecular flexibility index (Phi) is 2.64.